The Morgan fingerprint density at radius 2 is 1.90 bits per heavy atom. The summed E-state index contributed by atoms with van der Waals surface area (Å²) in [5.74, 6) is -0.999. The molecular weight excluding hydrogens is 521 g/mol. The fourth-order valence-corrected chi connectivity index (χ4v) is 4.43. The first-order valence-electron chi connectivity index (χ1n) is 9.45. The number of amidine groups is 1. The topological polar surface area (TPSA) is 94.9 Å². The van der Waals surface area contributed by atoms with E-state index in [1.54, 1.807) is 6.07 Å². The van der Waals surface area contributed by atoms with Crippen LogP contribution in [0, 0.1) is 11.2 Å². The van der Waals surface area contributed by atoms with Crippen LogP contribution in [0.1, 0.15) is 47.1 Å². The Morgan fingerprint density at radius 3 is 2.43 bits per heavy atom. The number of benzene rings is 1. The van der Waals surface area contributed by atoms with Crippen molar-refractivity contribution in [1.82, 2.24) is 3.97 Å². The highest BCUT2D eigenvalue weighted by molar-refractivity contribution is 14.2. The maximum absolute atomic E-state index is 14.8. The largest absolute Gasteiger partial charge is 0.497 e. The number of aromatic nitrogens is 1. The molecule has 1 aliphatic heterocycles. The van der Waals surface area contributed by atoms with Crippen LogP contribution in [0.15, 0.2) is 23.3 Å². The van der Waals surface area contributed by atoms with E-state index < -0.39 is 30.0 Å². The van der Waals surface area contributed by atoms with Gasteiger partial charge in [0, 0.05) is 53.4 Å². The highest BCUT2D eigenvalue weighted by atomic mass is 127. The minimum absolute atomic E-state index is 0.0154. The lowest BCUT2D eigenvalue weighted by Gasteiger charge is -2.32. The first-order chi connectivity index (χ1) is 13.9. The second kappa shape index (κ2) is 8.32. The van der Waals surface area contributed by atoms with E-state index >= 15 is 0 Å². The van der Waals surface area contributed by atoms with Crippen LogP contribution in [0.4, 0.5) is 4.39 Å². The van der Waals surface area contributed by atoms with Gasteiger partial charge in [0.1, 0.15) is 5.82 Å². The van der Waals surface area contributed by atoms with E-state index in [1.807, 2.05) is 51.7 Å². The maximum atomic E-state index is 14.8. The van der Waals surface area contributed by atoms with Gasteiger partial charge in [0.15, 0.2) is 0 Å². The molecule has 0 amide bonds. The number of nitrogens with zero attached hydrogens (tertiary/aromatic N) is 2. The second-order valence-electron chi connectivity index (χ2n) is 8.41. The Kier molecular flexibility index (Phi) is 6.48. The van der Waals surface area contributed by atoms with Crippen LogP contribution >= 0.6 is 30.3 Å². The number of hydrogen-bond donors (Lipinski definition) is 2. The van der Waals surface area contributed by atoms with E-state index in [4.69, 9.17) is 25.2 Å². The molecule has 11 heteroatoms. The summed E-state index contributed by atoms with van der Waals surface area (Å²) < 4.78 is 34.3. The smallest absolute Gasteiger partial charge is 0.407 e. The molecule has 0 saturated carbocycles. The van der Waals surface area contributed by atoms with Crippen LogP contribution in [0.3, 0.4) is 0 Å². The molecule has 0 atom stereocenters. The van der Waals surface area contributed by atoms with Gasteiger partial charge >= 0.3 is 7.12 Å². The van der Waals surface area contributed by atoms with Crippen molar-refractivity contribution in [2.24, 2.45) is 10.7 Å². The fraction of sp³-hybridized carbons (Fsp3) is 0.474. The van der Waals surface area contributed by atoms with E-state index in [9.17, 15) is 4.39 Å². The molecule has 0 bridgehead atoms. The van der Waals surface area contributed by atoms with Crippen molar-refractivity contribution in [2.75, 3.05) is 0 Å². The minimum Gasteiger partial charge on any atom is -0.407 e. The van der Waals surface area contributed by atoms with E-state index in [0.717, 1.165) is 5.46 Å². The molecule has 1 saturated heterocycles. The first kappa shape index (κ1) is 23.4. The fourth-order valence-electron chi connectivity index (χ4n) is 3.07. The highest BCUT2D eigenvalue weighted by Gasteiger charge is 2.52. The van der Waals surface area contributed by atoms with Crippen molar-refractivity contribution in [1.29, 1.82) is 5.41 Å². The van der Waals surface area contributed by atoms with Gasteiger partial charge < -0.3 is 19.8 Å². The zero-order valence-electron chi connectivity index (χ0n) is 17.7. The molecule has 2 heterocycles. The number of hydrogen-bond acceptors (Lipinski definition) is 6. The van der Waals surface area contributed by atoms with Crippen molar-refractivity contribution in [3.8, 4) is 0 Å². The number of ether oxygens (including phenoxy) is 1. The van der Waals surface area contributed by atoms with Crippen LogP contribution in [0.25, 0.3) is 10.9 Å². The van der Waals surface area contributed by atoms with Gasteiger partial charge in [0.05, 0.1) is 22.3 Å². The van der Waals surface area contributed by atoms with Crippen LogP contribution < -0.4 is 11.2 Å². The number of nitrogens with one attached hydrogen (secondary N) is 1. The SMILES string of the molecule is CC(C)N=C(N)OC(=N)c1cc2c(B3OC(C)(C)C(C)(C)O3)cn(SI)c2cc1F. The van der Waals surface area contributed by atoms with Gasteiger partial charge in [0.25, 0.3) is 6.02 Å². The highest BCUT2D eigenvalue weighted by Crippen LogP contribution is 2.38. The lowest BCUT2D eigenvalue weighted by atomic mass is 9.78. The molecular formula is C19H25BFIN4O3S. The standard InChI is InChI=1S/C19H25BFIN4O3S/c1-10(2)25-17(24)27-16(23)12-7-11-13(9-26(30-22)15(11)8-14(12)21)20-28-18(3,4)19(5,6)29-20/h7-10,23H,1-6H3,(H2,24,25). The summed E-state index contributed by atoms with van der Waals surface area (Å²) in [6, 6.07) is 2.66. The molecule has 1 aliphatic rings. The quantitative estimate of drug-likeness (QED) is 0.262. The lowest BCUT2D eigenvalue weighted by Crippen LogP contribution is -2.41. The predicted molar refractivity (Wildman–Crippen MR) is 129 cm³/mol. The van der Waals surface area contributed by atoms with Crippen molar-refractivity contribution in [3.05, 3.63) is 29.7 Å². The Bertz CT molecular complexity index is 1010. The van der Waals surface area contributed by atoms with Gasteiger partial charge in [-0.2, -0.15) is 0 Å². The number of halogens is 2. The van der Waals surface area contributed by atoms with Gasteiger partial charge in [-0.05, 0) is 53.7 Å². The Hall–Kier alpha value is -1.31. The Morgan fingerprint density at radius 1 is 1.30 bits per heavy atom. The third-order valence-corrected chi connectivity index (χ3v) is 7.03. The zero-order chi connectivity index (χ0) is 22.4. The molecule has 0 aliphatic carbocycles. The summed E-state index contributed by atoms with van der Waals surface area (Å²) in [7, 11) is 0.781. The van der Waals surface area contributed by atoms with Crippen LogP contribution in [-0.2, 0) is 14.0 Å². The van der Waals surface area contributed by atoms with E-state index in [0.29, 0.717) is 10.9 Å². The Balaban J connectivity index is 2.06. The molecule has 0 unspecified atom stereocenters. The molecule has 0 spiro atoms. The number of rotatable bonds is 4. The lowest BCUT2D eigenvalue weighted by molar-refractivity contribution is 0.00578. The van der Waals surface area contributed by atoms with Gasteiger partial charge in [-0.25, -0.2) is 9.38 Å². The molecule has 1 aromatic heterocycles. The van der Waals surface area contributed by atoms with E-state index in [1.165, 1.54) is 15.2 Å². The molecule has 1 fully saturated rings. The predicted octanol–water partition coefficient (Wildman–Crippen LogP) is 3.99. The summed E-state index contributed by atoms with van der Waals surface area (Å²) >= 11 is 2.13. The van der Waals surface area contributed by atoms with Crippen molar-refractivity contribution >= 4 is 65.7 Å². The van der Waals surface area contributed by atoms with Crippen LogP contribution in [0.2, 0.25) is 0 Å². The molecule has 7 nitrogen and oxygen atoms in total. The summed E-state index contributed by atoms with van der Waals surface area (Å²) in [6.45, 7) is 11.6. The molecule has 30 heavy (non-hydrogen) atoms. The molecule has 3 rings (SSSR count). The van der Waals surface area contributed by atoms with Crippen LogP contribution in [-0.4, -0.2) is 40.3 Å². The summed E-state index contributed by atoms with van der Waals surface area (Å²) in [5.41, 5.74) is 6.08. The van der Waals surface area contributed by atoms with E-state index in [2.05, 4.69) is 26.2 Å². The second-order valence-corrected chi connectivity index (χ2v) is 10.1. The third kappa shape index (κ3) is 4.34. The van der Waals surface area contributed by atoms with Gasteiger partial charge in [-0.1, -0.05) is 0 Å². The monoisotopic (exact) mass is 546 g/mol. The number of aliphatic imine (C=N–C) groups is 1. The van der Waals surface area contributed by atoms with Crippen molar-refractivity contribution in [2.45, 2.75) is 58.8 Å². The molecule has 1 aromatic carbocycles. The van der Waals surface area contributed by atoms with Crippen molar-refractivity contribution in [3.63, 3.8) is 0 Å². The van der Waals surface area contributed by atoms with Gasteiger partial charge in [0.2, 0.25) is 5.90 Å². The summed E-state index contributed by atoms with van der Waals surface area (Å²) in [4.78, 5) is 4.03. The summed E-state index contributed by atoms with van der Waals surface area (Å²) in [6.07, 6.45) is 1.87. The number of nitrogens with two attached hydrogens (primary N) is 1. The van der Waals surface area contributed by atoms with Gasteiger partial charge in [-0.15, -0.1) is 0 Å². The molecule has 162 valence electrons. The first-order valence-corrected chi connectivity index (χ1v) is 12.8. The van der Waals surface area contributed by atoms with Crippen molar-refractivity contribution < 1.29 is 18.4 Å². The maximum Gasteiger partial charge on any atom is 0.497 e. The molecule has 2 aromatic rings. The van der Waals surface area contributed by atoms with Crippen LogP contribution in [0.5, 0.6) is 0 Å². The van der Waals surface area contributed by atoms with Gasteiger partial charge in [-0.3, -0.25) is 9.38 Å². The third-order valence-electron chi connectivity index (χ3n) is 5.31. The normalized spacial score (nSPS) is 18.4. The summed E-state index contributed by atoms with van der Waals surface area (Å²) in [5, 5.41) is 8.89. The average molecular weight is 546 g/mol. The molecule has 0 radical (unpaired) electrons. The van der Waals surface area contributed by atoms with E-state index in [-0.39, 0.29) is 17.6 Å². The molecule has 3 N–H and O–H groups in total. The number of fused-ring (bicyclic) bond motifs is 1. The zero-order valence-corrected chi connectivity index (χ0v) is 20.7. The Labute approximate surface area is 192 Å². The minimum atomic E-state index is -0.622. The average Bonchev–Trinajstić information content (AvgIpc) is 3.06.